The topological polar surface area (TPSA) is 78.6 Å². The first-order chi connectivity index (χ1) is 8.36. The van der Waals surface area contributed by atoms with Gasteiger partial charge in [0.2, 0.25) is 0 Å². The van der Waals surface area contributed by atoms with E-state index in [2.05, 4.69) is 29.2 Å². The number of hydrogen-bond donors (Lipinski definition) is 2. The van der Waals surface area contributed by atoms with Crippen LogP contribution < -0.4 is 5.32 Å². The smallest absolute Gasteiger partial charge is 0.273 e. The van der Waals surface area contributed by atoms with E-state index in [0.29, 0.717) is 6.54 Å². The zero-order valence-corrected chi connectivity index (χ0v) is 11.4. The summed E-state index contributed by atoms with van der Waals surface area (Å²) in [6.45, 7) is 4.53. The second kappa shape index (κ2) is 5.97. The summed E-state index contributed by atoms with van der Waals surface area (Å²) in [5.41, 5.74) is 0.217. The molecule has 6 nitrogen and oxygen atoms in total. The first-order valence-corrected chi connectivity index (χ1v) is 5.89. The summed E-state index contributed by atoms with van der Waals surface area (Å²) in [6.07, 6.45) is 0.830. The number of carbonyl (C=O) groups is 1. The SMILES string of the molecule is CN(C)C(C)(C)CCNC(=O)c1cc(CO)on1. The van der Waals surface area contributed by atoms with E-state index in [9.17, 15) is 4.79 Å². The molecule has 1 aromatic heterocycles. The standard InChI is InChI=1S/C12H21N3O3/c1-12(2,15(3)4)5-6-13-11(17)10-7-9(8-16)18-14-10/h7,16H,5-6,8H2,1-4H3,(H,13,17). The Hall–Kier alpha value is -1.40. The van der Waals surface area contributed by atoms with Crippen molar-refractivity contribution in [1.82, 2.24) is 15.4 Å². The third-order valence-electron chi connectivity index (χ3n) is 3.18. The summed E-state index contributed by atoms with van der Waals surface area (Å²) in [5.74, 6) is 0.00165. The van der Waals surface area contributed by atoms with Gasteiger partial charge in [0.15, 0.2) is 11.5 Å². The molecule has 0 aromatic carbocycles. The van der Waals surface area contributed by atoms with E-state index < -0.39 is 0 Å². The Bertz CT molecular complexity index is 399. The number of aromatic nitrogens is 1. The van der Waals surface area contributed by atoms with Gasteiger partial charge in [-0.25, -0.2) is 0 Å². The van der Waals surface area contributed by atoms with Gasteiger partial charge in [0, 0.05) is 18.2 Å². The van der Waals surface area contributed by atoms with Gasteiger partial charge < -0.3 is 19.8 Å². The lowest BCUT2D eigenvalue weighted by Crippen LogP contribution is -2.41. The Kier molecular flexibility index (Phi) is 4.86. The van der Waals surface area contributed by atoms with Crippen molar-refractivity contribution in [3.8, 4) is 0 Å². The molecule has 1 aromatic rings. The summed E-state index contributed by atoms with van der Waals surface area (Å²) in [7, 11) is 4.01. The van der Waals surface area contributed by atoms with Crippen molar-refractivity contribution >= 4 is 5.91 Å². The van der Waals surface area contributed by atoms with Crippen molar-refractivity contribution < 1.29 is 14.4 Å². The van der Waals surface area contributed by atoms with E-state index in [-0.39, 0.29) is 29.5 Å². The summed E-state index contributed by atoms with van der Waals surface area (Å²) in [4.78, 5) is 13.8. The molecule has 1 rings (SSSR count). The van der Waals surface area contributed by atoms with E-state index in [4.69, 9.17) is 9.63 Å². The maximum Gasteiger partial charge on any atom is 0.273 e. The Labute approximate surface area is 107 Å². The molecule has 0 unspecified atom stereocenters. The van der Waals surface area contributed by atoms with E-state index in [0.717, 1.165) is 6.42 Å². The Morgan fingerprint density at radius 3 is 2.72 bits per heavy atom. The average Bonchev–Trinajstić information content (AvgIpc) is 2.76. The van der Waals surface area contributed by atoms with Gasteiger partial charge in [0.05, 0.1) is 0 Å². The monoisotopic (exact) mass is 255 g/mol. The van der Waals surface area contributed by atoms with Crippen LogP contribution in [0.1, 0.15) is 36.5 Å². The molecule has 0 saturated carbocycles. The van der Waals surface area contributed by atoms with E-state index in [1.54, 1.807) is 0 Å². The van der Waals surface area contributed by atoms with Crippen molar-refractivity contribution in [1.29, 1.82) is 0 Å². The minimum Gasteiger partial charge on any atom is -0.388 e. The van der Waals surface area contributed by atoms with E-state index in [1.165, 1.54) is 6.07 Å². The molecule has 0 aliphatic carbocycles. The van der Waals surface area contributed by atoms with Crippen LogP contribution in [0, 0.1) is 0 Å². The number of nitrogens with zero attached hydrogens (tertiary/aromatic N) is 2. The normalized spacial score (nSPS) is 11.9. The van der Waals surface area contributed by atoms with Gasteiger partial charge in [0.25, 0.3) is 5.91 Å². The molecule has 0 bridgehead atoms. The number of aliphatic hydroxyl groups is 1. The van der Waals surface area contributed by atoms with Gasteiger partial charge in [-0.1, -0.05) is 5.16 Å². The third kappa shape index (κ3) is 3.82. The van der Waals surface area contributed by atoms with Crippen LogP contribution in [0.5, 0.6) is 0 Å². The van der Waals surface area contributed by atoms with Crippen molar-refractivity contribution in [3.05, 3.63) is 17.5 Å². The van der Waals surface area contributed by atoms with Crippen LogP contribution in [-0.4, -0.2) is 47.2 Å². The molecule has 0 aliphatic rings. The third-order valence-corrected chi connectivity index (χ3v) is 3.18. The number of nitrogens with one attached hydrogen (secondary N) is 1. The van der Waals surface area contributed by atoms with E-state index in [1.807, 2.05) is 14.1 Å². The molecule has 6 heteroatoms. The largest absolute Gasteiger partial charge is 0.388 e. The first kappa shape index (κ1) is 14.7. The van der Waals surface area contributed by atoms with Gasteiger partial charge in [0.1, 0.15) is 6.61 Å². The highest BCUT2D eigenvalue weighted by Crippen LogP contribution is 2.14. The number of amides is 1. The lowest BCUT2D eigenvalue weighted by molar-refractivity contribution is 0.0933. The lowest BCUT2D eigenvalue weighted by Gasteiger charge is -2.32. The molecular weight excluding hydrogens is 234 g/mol. The van der Waals surface area contributed by atoms with Gasteiger partial charge >= 0.3 is 0 Å². The van der Waals surface area contributed by atoms with Crippen molar-refractivity contribution in [2.45, 2.75) is 32.4 Å². The van der Waals surface area contributed by atoms with Crippen LogP contribution >= 0.6 is 0 Å². The predicted octanol–water partition coefficient (Wildman–Crippen LogP) is 0.627. The molecule has 2 N–H and O–H groups in total. The molecular formula is C12H21N3O3. The van der Waals surface area contributed by atoms with Crippen LogP contribution in [-0.2, 0) is 6.61 Å². The molecule has 1 amide bonds. The van der Waals surface area contributed by atoms with Crippen LogP contribution in [0.15, 0.2) is 10.6 Å². The predicted molar refractivity (Wildman–Crippen MR) is 67.1 cm³/mol. The van der Waals surface area contributed by atoms with Gasteiger partial charge in [-0.05, 0) is 34.4 Å². The highest BCUT2D eigenvalue weighted by molar-refractivity contribution is 5.92. The average molecular weight is 255 g/mol. The maximum atomic E-state index is 11.7. The van der Waals surface area contributed by atoms with Crippen LogP contribution in [0.2, 0.25) is 0 Å². The van der Waals surface area contributed by atoms with Gasteiger partial charge in [-0.2, -0.15) is 0 Å². The fraction of sp³-hybridized carbons (Fsp3) is 0.667. The molecule has 0 fully saturated rings. The second-order valence-electron chi connectivity index (χ2n) is 5.05. The lowest BCUT2D eigenvalue weighted by atomic mass is 9.99. The number of rotatable bonds is 6. The van der Waals surface area contributed by atoms with Gasteiger partial charge in [-0.15, -0.1) is 0 Å². The van der Waals surface area contributed by atoms with Gasteiger partial charge in [-0.3, -0.25) is 4.79 Å². The summed E-state index contributed by atoms with van der Waals surface area (Å²) in [5, 5.41) is 15.2. The Balaban J connectivity index is 2.42. The summed E-state index contributed by atoms with van der Waals surface area (Å²) >= 11 is 0. The highest BCUT2D eigenvalue weighted by atomic mass is 16.5. The zero-order valence-electron chi connectivity index (χ0n) is 11.4. The van der Waals surface area contributed by atoms with Crippen LogP contribution in [0.25, 0.3) is 0 Å². The van der Waals surface area contributed by atoms with Crippen LogP contribution in [0.4, 0.5) is 0 Å². The maximum absolute atomic E-state index is 11.7. The quantitative estimate of drug-likeness (QED) is 0.779. The Morgan fingerprint density at radius 2 is 2.22 bits per heavy atom. The zero-order chi connectivity index (χ0) is 13.8. The molecule has 0 radical (unpaired) electrons. The molecule has 0 saturated heterocycles. The van der Waals surface area contributed by atoms with Crippen LogP contribution in [0.3, 0.4) is 0 Å². The number of carbonyl (C=O) groups excluding carboxylic acids is 1. The molecule has 1 heterocycles. The fourth-order valence-corrected chi connectivity index (χ4v) is 1.29. The molecule has 18 heavy (non-hydrogen) atoms. The van der Waals surface area contributed by atoms with Crippen molar-refractivity contribution in [2.75, 3.05) is 20.6 Å². The Morgan fingerprint density at radius 1 is 1.56 bits per heavy atom. The van der Waals surface area contributed by atoms with Crippen molar-refractivity contribution in [3.63, 3.8) is 0 Å². The fourth-order valence-electron chi connectivity index (χ4n) is 1.29. The molecule has 102 valence electrons. The highest BCUT2D eigenvalue weighted by Gasteiger charge is 2.20. The number of aliphatic hydroxyl groups excluding tert-OH is 1. The summed E-state index contributed by atoms with van der Waals surface area (Å²) in [6, 6.07) is 1.44. The first-order valence-electron chi connectivity index (χ1n) is 5.89. The molecule has 0 spiro atoms. The molecule has 0 atom stereocenters. The minimum atomic E-state index is -0.284. The van der Waals surface area contributed by atoms with E-state index >= 15 is 0 Å². The number of hydrogen-bond acceptors (Lipinski definition) is 5. The van der Waals surface area contributed by atoms with Crippen molar-refractivity contribution in [2.24, 2.45) is 0 Å². The second-order valence-corrected chi connectivity index (χ2v) is 5.05. The minimum absolute atomic E-state index is 0.0212. The summed E-state index contributed by atoms with van der Waals surface area (Å²) < 4.78 is 4.75. The molecule has 0 aliphatic heterocycles.